The Morgan fingerprint density at radius 1 is 1.71 bits per heavy atom. The Morgan fingerprint density at radius 2 is 2.43 bits per heavy atom. The average molecular weight is 196 g/mol. The predicted octanol–water partition coefficient (Wildman–Crippen LogP) is 1.29. The lowest BCUT2D eigenvalue weighted by Gasteiger charge is -2.41. The lowest BCUT2D eigenvalue weighted by Crippen LogP contribution is -2.53. The summed E-state index contributed by atoms with van der Waals surface area (Å²) >= 11 is 0. The third kappa shape index (κ3) is 2.08. The maximum absolute atomic E-state index is 10.5. The van der Waals surface area contributed by atoms with Gasteiger partial charge in [-0.2, -0.15) is 5.26 Å². The second kappa shape index (κ2) is 4.77. The van der Waals surface area contributed by atoms with Gasteiger partial charge in [0.25, 0.3) is 0 Å². The highest BCUT2D eigenvalue weighted by Crippen LogP contribution is 2.34. The van der Waals surface area contributed by atoms with Crippen LogP contribution in [0.4, 0.5) is 0 Å². The van der Waals surface area contributed by atoms with E-state index >= 15 is 0 Å². The molecule has 3 heteroatoms. The van der Waals surface area contributed by atoms with Crippen LogP contribution in [-0.2, 0) is 0 Å². The van der Waals surface area contributed by atoms with Crippen molar-refractivity contribution < 1.29 is 5.11 Å². The van der Waals surface area contributed by atoms with Crippen LogP contribution in [0.25, 0.3) is 0 Å². The zero-order chi connectivity index (χ0) is 10.6. The van der Waals surface area contributed by atoms with Gasteiger partial charge in [-0.3, -0.25) is 0 Å². The Balaban J connectivity index is 2.73. The molecule has 0 amide bonds. The molecule has 0 bridgehead atoms. The first-order chi connectivity index (χ1) is 6.65. The first kappa shape index (κ1) is 11.5. The fraction of sp³-hybridized carbons (Fsp3) is 0.909. The van der Waals surface area contributed by atoms with E-state index < -0.39 is 5.60 Å². The molecule has 1 fully saturated rings. The van der Waals surface area contributed by atoms with Crippen molar-refractivity contribution in [2.24, 2.45) is 11.8 Å². The van der Waals surface area contributed by atoms with Crippen LogP contribution in [0.2, 0.25) is 0 Å². The molecule has 1 rings (SSSR count). The van der Waals surface area contributed by atoms with Gasteiger partial charge in [-0.05, 0) is 25.3 Å². The minimum absolute atomic E-state index is 0.174. The molecule has 80 valence electrons. The van der Waals surface area contributed by atoms with Crippen molar-refractivity contribution in [1.82, 2.24) is 5.32 Å². The van der Waals surface area contributed by atoms with Gasteiger partial charge in [0.15, 0.2) is 0 Å². The summed E-state index contributed by atoms with van der Waals surface area (Å²) in [5.41, 5.74) is -0.768. The van der Waals surface area contributed by atoms with Gasteiger partial charge in [0, 0.05) is 6.54 Å². The van der Waals surface area contributed by atoms with E-state index in [1.807, 2.05) is 6.92 Å². The molecule has 1 heterocycles. The van der Waals surface area contributed by atoms with E-state index in [0.717, 1.165) is 25.9 Å². The number of hydrogen-bond donors (Lipinski definition) is 2. The molecule has 14 heavy (non-hydrogen) atoms. The quantitative estimate of drug-likeness (QED) is 0.715. The normalized spacial score (nSPS) is 34.9. The second-order valence-electron chi connectivity index (χ2n) is 4.32. The molecule has 0 spiro atoms. The van der Waals surface area contributed by atoms with Gasteiger partial charge in [0.05, 0.1) is 17.6 Å². The van der Waals surface area contributed by atoms with Crippen LogP contribution in [0.5, 0.6) is 0 Å². The number of aliphatic hydroxyl groups is 1. The summed E-state index contributed by atoms with van der Waals surface area (Å²) in [4.78, 5) is 0. The Morgan fingerprint density at radius 3 is 2.93 bits per heavy atom. The van der Waals surface area contributed by atoms with E-state index in [2.05, 4.69) is 18.3 Å². The summed E-state index contributed by atoms with van der Waals surface area (Å²) in [5.74, 6) is -0.0305. The largest absolute Gasteiger partial charge is 0.388 e. The fourth-order valence-electron chi connectivity index (χ4n) is 2.26. The average Bonchev–Trinajstić information content (AvgIpc) is 2.19. The van der Waals surface area contributed by atoms with Gasteiger partial charge in [0.1, 0.15) is 0 Å². The zero-order valence-electron chi connectivity index (χ0n) is 9.08. The van der Waals surface area contributed by atoms with Crippen LogP contribution < -0.4 is 5.32 Å². The van der Waals surface area contributed by atoms with Gasteiger partial charge >= 0.3 is 0 Å². The van der Waals surface area contributed by atoms with E-state index in [-0.39, 0.29) is 11.8 Å². The molecule has 1 aliphatic heterocycles. The Bertz CT molecular complexity index is 224. The fourth-order valence-corrected chi connectivity index (χ4v) is 2.26. The molecule has 0 aromatic rings. The molecular formula is C11H20N2O. The van der Waals surface area contributed by atoms with Gasteiger partial charge in [0.2, 0.25) is 0 Å². The van der Waals surface area contributed by atoms with Gasteiger partial charge in [-0.15, -0.1) is 0 Å². The Hall–Kier alpha value is -0.590. The summed E-state index contributed by atoms with van der Waals surface area (Å²) in [6.07, 6.45) is 2.46. The summed E-state index contributed by atoms with van der Waals surface area (Å²) in [6.45, 7) is 5.72. The van der Waals surface area contributed by atoms with Crippen LogP contribution in [0.15, 0.2) is 0 Å². The number of piperidine rings is 1. The van der Waals surface area contributed by atoms with Gasteiger partial charge in [-0.25, -0.2) is 0 Å². The summed E-state index contributed by atoms with van der Waals surface area (Å²) in [5, 5.41) is 22.8. The third-order valence-electron chi connectivity index (χ3n) is 3.34. The molecule has 0 aliphatic carbocycles. The summed E-state index contributed by atoms with van der Waals surface area (Å²) in [6, 6.07) is 2.27. The minimum atomic E-state index is -0.768. The minimum Gasteiger partial charge on any atom is -0.388 e. The topological polar surface area (TPSA) is 56.0 Å². The standard InChI is InChI=1S/C11H20N2O/c1-3-4-10(7-12)11(14)5-6-13-8-9(11)2/h9-10,13-14H,3-6,8H2,1-2H3. The van der Waals surface area contributed by atoms with Crippen molar-refractivity contribution in [2.45, 2.75) is 38.7 Å². The Kier molecular flexibility index (Phi) is 3.91. The number of nitriles is 1. The number of rotatable bonds is 3. The first-order valence-electron chi connectivity index (χ1n) is 5.47. The highest BCUT2D eigenvalue weighted by molar-refractivity contribution is 5.03. The van der Waals surface area contributed by atoms with Crippen molar-refractivity contribution in [1.29, 1.82) is 5.26 Å². The maximum atomic E-state index is 10.5. The van der Waals surface area contributed by atoms with Crippen molar-refractivity contribution in [3.8, 4) is 6.07 Å². The van der Waals surface area contributed by atoms with Crippen LogP contribution in [-0.4, -0.2) is 23.8 Å². The molecular weight excluding hydrogens is 176 g/mol. The molecule has 2 N–H and O–H groups in total. The molecule has 3 atom stereocenters. The van der Waals surface area contributed by atoms with Crippen molar-refractivity contribution in [2.75, 3.05) is 13.1 Å². The predicted molar refractivity (Wildman–Crippen MR) is 55.6 cm³/mol. The molecule has 0 aromatic carbocycles. The van der Waals surface area contributed by atoms with Crippen LogP contribution in [0.3, 0.4) is 0 Å². The number of hydrogen-bond acceptors (Lipinski definition) is 3. The Labute approximate surface area is 86.1 Å². The van der Waals surface area contributed by atoms with Crippen molar-refractivity contribution >= 4 is 0 Å². The SMILES string of the molecule is CCCC(C#N)C1(O)CCNCC1C. The molecule has 0 saturated carbocycles. The van der Waals surface area contributed by atoms with Crippen LogP contribution in [0.1, 0.15) is 33.1 Å². The van der Waals surface area contributed by atoms with E-state index in [1.54, 1.807) is 0 Å². The lowest BCUT2D eigenvalue weighted by atomic mass is 9.72. The molecule has 1 aliphatic rings. The lowest BCUT2D eigenvalue weighted by molar-refractivity contribution is -0.0675. The van der Waals surface area contributed by atoms with E-state index in [9.17, 15) is 5.11 Å². The smallest absolute Gasteiger partial charge is 0.0854 e. The molecule has 3 nitrogen and oxygen atoms in total. The molecule has 0 radical (unpaired) electrons. The van der Waals surface area contributed by atoms with Crippen LogP contribution >= 0.6 is 0 Å². The molecule has 1 saturated heterocycles. The van der Waals surface area contributed by atoms with Gasteiger partial charge < -0.3 is 10.4 Å². The number of nitrogens with one attached hydrogen (secondary N) is 1. The van der Waals surface area contributed by atoms with Crippen molar-refractivity contribution in [3.05, 3.63) is 0 Å². The monoisotopic (exact) mass is 196 g/mol. The van der Waals surface area contributed by atoms with Crippen LogP contribution in [0, 0.1) is 23.2 Å². The van der Waals surface area contributed by atoms with Crippen molar-refractivity contribution in [3.63, 3.8) is 0 Å². The third-order valence-corrected chi connectivity index (χ3v) is 3.34. The van der Waals surface area contributed by atoms with Gasteiger partial charge in [-0.1, -0.05) is 20.3 Å². The summed E-state index contributed by atoms with van der Waals surface area (Å²) in [7, 11) is 0. The first-order valence-corrected chi connectivity index (χ1v) is 5.47. The van der Waals surface area contributed by atoms with E-state index in [4.69, 9.17) is 5.26 Å². The highest BCUT2D eigenvalue weighted by atomic mass is 16.3. The molecule has 3 unspecified atom stereocenters. The molecule has 0 aromatic heterocycles. The number of nitrogens with zero attached hydrogens (tertiary/aromatic N) is 1. The van der Waals surface area contributed by atoms with E-state index in [1.165, 1.54) is 0 Å². The zero-order valence-corrected chi connectivity index (χ0v) is 9.08. The highest BCUT2D eigenvalue weighted by Gasteiger charge is 2.42. The summed E-state index contributed by atoms with van der Waals surface area (Å²) < 4.78 is 0. The maximum Gasteiger partial charge on any atom is 0.0854 e. The van der Waals surface area contributed by atoms with E-state index in [0.29, 0.717) is 6.42 Å². The second-order valence-corrected chi connectivity index (χ2v) is 4.32.